The van der Waals surface area contributed by atoms with E-state index < -0.39 is 0 Å². The number of hydrogen-bond donors (Lipinski definition) is 0. The average molecular weight is 272 g/mol. The average Bonchev–Trinajstić information content (AvgIpc) is 2.70. The lowest BCUT2D eigenvalue weighted by atomic mass is 9.70. The normalized spacial score (nSPS) is 40.8. The quantitative estimate of drug-likeness (QED) is 0.481. The van der Waals surface area contributed by atoms with Gasteiger partial charge in [-0.05, 0) is 83.0 Å². The predicted molar refractivity (Wildman–Crippen MR) is 89.7 cm³/mol. The van der Waals surface area contributed by atoms with Gasteiger partial charge in [0.1, 0.15) is 0 Å². The van der Waals surface area contributed by atoms with Crippen LogP contribution in [0.5, 0.6) is 0 Å². The van der Waals surface area contributed by atoms with Gasteiger partial charge in [-0.3, -0.25) is 0 Å². The van der Waals surface area contributed by atoms with E-state index in [-0.39, 0.29) is 0 Å². The summed E-state index contributed by atoms with van der Waals surface area (Å²) in [6.45, 7) is 13.7. The van der Waals surface area contributed by atoms with Gasteiger partial charge >= 0.3 is 0 Å². The Kier molecular flexibility index (Phi) is 4.94. The fourth-order valence-electron chi connectivity index (χ4n) is 4.29. The maximum absolute atomic E-state index is 4.28. The molecule has 0 N–H and O–H groups in total. The van der Waals surface area contributed by atoms with Crippen molar-refractivity contribution in [3.63, 3.8) is 0 Å². The van der Waals surface area contributed by atoms with E-state index in [4.69, 9.17) is 0 Å². The lowest BCUT2D eigenvalue weighted by Gasteiger charge is -2.34. The Hall–Kier alpha value is -0.780. The molecule has 0 bridgehead atoms. The molecule has 0 radical (unpaired) electrons. The van der Waals surface area contributed by atoms with Gasteiger partial charge in [-0.2, -0.15) is 0 Å². The van der Waals surface area contributed by atoms with Crippen LogP contribution in [0.3, 0.4) is 0 Å². The Bertz CT molecular complexity index is 423. The fourth-order valence-corrected chi connectivity index (χ4v) is 4.29. The summed E-state index contributed by atoms with van der Waals surface area (Å²) < 4.78 is 0. The standard InChI is InChI=1S/C20H32/c1-15(2)18-12-14-20(5)13-11-17(4)8-6-7-16(3)9-10-19(18)20/h7,11,18-19H,1,6,8-10,12-14H2,2-5H3/b16-7+,17-11+. The van der Waals surface area contributed by atoms with Gasteiger partial charge in [0.05, 0.1) is 0 Å². The van der Waals surface area contributed by atoms with Crippen LogP contribution < -0.4 is 0 Å². The van der Waals surface area contributed by atoms with Gasteiger partial charge in [0.2, 0.25) is 0 Å². The second-order valence-corrected chi connectivity index (χ2v) is 7.63. The van der Waals surface area contributed by atoms with Crippen molar-refractivity contribution in [1.82, 2.24) is 0 Å². The van der Waals surface area contributed by atoms with Crippen LogP contribution in [-0.2, 0) is 0 Å². The van der Waals surface area contributed by atoms with Crippen molar-refractivity contribution in [1.29, 1.82) is 0 Å². The topological polar surface area (TPSA) is 0 Å². The molecule has 0 aromatic rings. The first kappa shape index (κ1) is 15.6. The number of hydrogen-bond acceptors (Lipinski definition) is 0. The van der Waals surface area contributed by atoms with Crippen molar-refractivity contribution in [3.8, 4) is 0 Å². The number of fused-ring (bicyclic) bond motifs is 1. The van der Waals surface area contributed by atoms with E-state index in [0.29, 0.717) is 5.41 Å². The summed E-state index contributed by atoms with van der Waals surface area (Å²) in [6, 6.07) is 0. The van der Waals surface area contributed by atoms with Crippen molar-refractivity contribution in [2.75, 3.05) is 0 Å². The van der Waals surface area contributed by atoms with Gasteiger partial charge in [0.25, 0.3) is 0 Å². The number of allylic oxidation sites excluding steroid dienone is 5. The summed E-state index contributed by atoms with van der Waals surface area (Å²) >= 11 is 0. The molecule has 1 saturated carbocycles. The molecule has 1 fully saturated rings. The monoisotopic (exact) mass is 272 g/mol. The predicted octanol–water partition coefficient (Wildman–Crippen LogP) is 6.45. The Balaban J connectivity index is 2.26. The second-order valence-electron chi connectivity index (χ2n) is 7.63. The first-order chi connectivity index (χ1) is 9.42. The Morgan fingerprint density at radius 3 is 2.55 bits per heavy atom. The minimum Gasteiger partial charge on any atom is -0.0999 e. The van der Waals surface area contributed by atoms with Crippen molar-refractivity contribution in [2.45, 2.75) is 72.6 Å². The Morgan fingerprint density at radius 2 is 1.85 bits per heavy atom. The first-order valence-electron chi connectivity index (χ1n) is 8.39. The molecule has 3 unspecified atom stereocenters. The number of rotatable bonds is 1. The molecular weight excluding hydrogens is 240 g/mol. The van der Waals surface area contributed by atoms with Crippen LogP contribution in [0.1, 0.15) is 72.6 Å². The summed E-state index contributed by atoms with van der Waals surface area (Å²) in [4.78, 5) is 0. The Labute approximate surface area is 126 Å². The molecule has 2 aliphatic carbocycles. The molecule has 0 amide bonds. The van der Waals surface area contributed by atoms with Crippen molar-refractivity contribution in [3.05, 3.63) is 35.5 Å². The van der Waals surface area contributed by atoms with Crippen LogP contribution >= 0.6 is 0 Å². The highest BCUT2D eigenvalue weighted by molar-refractivity contribution is 5.13. The zero-order valence-electron chi connectivity index (χ0n) is 14.0. The lowest BCUT2D eigenvalue weighted by molar-refractivity contribution is 0.195. The zero-order chi connectivity index (χ0) is 14.8. The molecule has 112 valence electrons. The maximum Gasteiger partial charge on any atom is -0.0175 e. The van der Waals surface area contributed by atoms with Crippen LogP contribution in [0.25, 0.3) is 0 Å². The first-order valence-corrected chi connectivity index (χ1v) is 8.39. The lowest BCUT2D eigenvalue weighted by Crippen LogP contribution is -2.25. The molecule has 20 heavy (non-hydrogen) atoms. The highest BCUT2D eigenvalue weighted by Crippen LogP contribution is 2.53. The molecule has 0 spiro atoms. The summed E-state index contributed by atoms with van der Waals surface area (Å²) in [6.07, 6.45) is 14.1. The van der Waals surface area contributed by atoms with Gasteiger partial charge in [-0.25, -0.2) is 0 Å². The minimum atomic E-state index is 0.496. The van der Waals surface area contributed by atoms with Crippen molar-refractivity contribution >= 4 is 0 Å². The summed E-state index contributed by atoms with van der Waals surface area (Å²) in [7, 11) is 0. The van der Waals surface area contributed by atoms with Crippen molar-refractivity contribution < 1.29 is 0 Å². The van der Waals surface area contributed by atoms with E-state index in [1.54, 1.807) is 11.1 Å². The van der Waals surface area contributed by atoms with Crippen LogP contribution in [0.4, 0.5) is 0 Å². The highest BCUT2D eigenvalue weighted by atomic mass is 14.5. The van der Waals surface area contributed by atoms with Crippen LogP contribution in [0.2, 0.25) is 0 Å². The third-order valence-electron chi connectivity index (χ3n) is 5.84. The molecule has 0 saturated heterocycles. The van der Waals surface area contributed by atoms with E-state index in [9.17, 15) is 0 Å². The molecule has 3 atom stereocenters. The second kappa shape index (κ2) is 6.33. The third kappa shape index (κ3) is 3.45. The van der Waals surface area contributed by atoms with Crippen LogP contribution in [0, 0.1) is 17.3 Å². The molecule has 2 aliphatic rings. The summed E-state index contributed by atoms with van der Waals surface area (Å²) in [5.74, 6) is 1.58. The van der Waals surface area contributed by atoms with E-state index >= 15 is 0 Å². The molecule has 2 rings (SSSR count). The van der Waals surface area contributed by atoms with Crippen LogP contribution in [0.15, 0.2) is 35.5 Å². The molecular formula is C20H32. The maximum atomic E-state index is 4.28. The van der Waals surface area contributed by atoms with E-state index in [0.717, 1.165) is 11.8 Å². The van der Waals surface area contributed by atoms with Gasteiger partial charge in [-0.15, -0.1) is 0 Å². The minimum absolute atomic E-state index is 0.496. The molecule has 0 heteroatoms. The molecule has 0 heterocycles. The van der Waals surface area contributed by atoms with Gasteiger partial charge < -0.3 is 0 Å². The van der Waals surface area contributed by atoms with Gasteiger partial charge in [-0.1, -0.05) is 42.4 Å². The van der Waals surface area contributed by atoms with E-state index in [2.05, 4.69) is 46.4 Å². The SMILES string of the molecule is C=C(C)C1CCC2(C)C/C=C(\C)CC/C=C(\C)CCC12. The Morgan fingerprint density at radius 1 is 1.15 bits per heavy atom. The van der Waals surface area contributed by atoms with Crippen molar-refractivity contribution in [2.24, 2.45) is 17.3 Å². The molecule has 0 aromatic carbocycles. The zero-order valence-corrected chi connectivity index (χ0v) is 14.0. The molecule has 0 aromatic heterocycles. The fraction of sp³-hybridized carbons (Fsp3) is 0.700. The van der Waals surface area contributed by atoms with Gasteiger partial charge in [0.15, 0.2) is 0 Å². The smallest absolute Gasteiger partial charge is 0.0175 e. The van der Waals surface area contributed by atoms with E-state index in [1.165, 1.54) is 50.5 Å². The van der Waals surface area contributed by atoms with E-state index in [1.807, 2.05) is 0 Å². The summed E-state index contributed by atoms with van der Waals surface area (Å²) in [5, 5.41) is 0. The summed E-state index contributed by atoms with van der Waals surface area (Å²) in [5.41, 5.74) is 5.08. The molecule has 0 nitrogen and oxygen atoms in total. The molecule has 0 aliphatic heterocycles. The highest BCUT2D eigenvalue weighted by Gasteiger charge is 2.43. The van der Waals surface area contributed by atoms with Gasteiger partial charge in [0, 0.05) is 0 Å². The van der Waals surface area contributed by atoms with Crippen LogP contribution in [-0.4, -0.2) is 0 Å². The largest absolute Gasteiger partial charge is 0.0999 e. The third-order valence-corrected chi connectivity index (χ3v) is 5.84.